The Morgan fingerprint density at radius 3 is 3.00 bits per heavy atom. The summed E-state index contributed by atoms with van der Waals surface area (Å²) in [7, 11) is 0. The van der Waals surface area contributed by atoms with Gasteiger partial charge in [0.1, 0.15) is 0 Å². The van der Waals surface area contributed by atoms with Crippen molar-refractivity contribution in [2.45, 2.75) is 25.3 Å². The molecule has 1 aliphatic rings. The summed E-state index contributed by atoms with van der Waals surface area (Å²) in [4.78, 5) is 12.4. The van der Waals surface area contributed by atoms with Crippen LogP contribution in [0.2, 0.25) is 0 Å². The summed E-state index contributed by atoms with van der Waals surface area (Å²) < 4.78 is 5.34. The summed E-state index contributed by atoms with van der Waals surface area (Å²) in [5, 5.41) is 11.8. The van der Waals surface area contributed by atoms with E-state index in [-0.39, 0.29) is 18.1 Å². The first-order chi connectivity index (χ1) is 9.64. The zero-order chi connectivity index (χ0) is 14.4. The fourth-order valence-electron chi connectivity index (χ4n) is 2.11. The number of nitrogens with one attached hydrogen (secondary N) is 1. The molecule has 1 heterocycles. The Bertz CT molecular complexity index is 536. The van der Waals surface area contributed by atoms with E-state index in [1.807, 2.05) is 25.1 Å². The molecule has 2 N–H and O–H groups in total. The molecule has 1 amide bonds. The lowest BCUT2D eigenvalue weighted by Gasteiger charge is -2.23. The first-order valence-corrected chi connectivity index (χ1v) is 6.74. The fourth-order valence-corrected chi connectivity index (χ4v) is 2.11. The molecule has 1 aromatic rings. The predicted octanol–water partition coefficient (Wildman–Crippen LogP) is 1.33. The lowest BCUT2D eigenvalue weighted by molar-refractivity contribution is 0.0889. The molecule has 1 atom stereocenters. The Morgan fingerprint density at radius 1 is 1.50 bits per heavy atom. The third-order valence-electron chi connectivity index (χ3n) is 3.27. The molecule has 106 valence electrons. The number of hydrogen-bond donors (Lipinski definition) is 2. The molecule has 1 aromatic carbocycles. The molecule has 0 radical (unpaired) electrons. The van der Waals surface area contributed by atoms with E-state index in [4.69, 9.17) is 9.84 Å². The number of ether oxygens (including phenoxy) is 1. The van der Waals surface area contributed by atoms with Crippen molar-refractivity contribution >= 4 is 5.91 Å². The van der Waals surface area contributed by atoms with Gasteiger partial charge in [0.2, 0.25) is 0 Å². The molecule has 2 rings (SSSR count). The summed E-state index contributed by atoms with van der Waals surface area (Å²) in [6.45, 7) is 3.22. The van der Waals surface area contributed by atoms with Gasteiger partial charge in [0, 0.05) is 18.6 Å². The number of carbonyl (C=O) groups excluding carboxylic acids is 1. The summed E-state index contributed by atoms with van der Waals surface area (Å²) in [6, 6.07) is 7.24. The van der Waals surface area contributed by atoms with Gasteiger partial charge in [-0.05, 0) is 25.5 Å². The van der Waals surface area contributed by atoms with Crippen LogP contribution < -0.4 is 5.32 Å². The number of aliphatic hydroxyl groups excluding tert-OH is 1. The van der Waals surface area contributed by atoms with Crippen LogP contribution >= 0.6 is 0 Å². The van der Waals surface area contributed by atoms with E-state index in [9.17, 15) is 4.79 Å². The number of aliphatic hydroxyl groups is 1. The molecule has 4 heteroatoms. The Balaban J connectivity index is 2.15. The first-order valence-electron chi connectivity index (χ1n) is 6.74. The quantitative estimate of drug-likeness (QED) is 0.817. The highest BCUT2D eigenvalue weighted by Crippen LogP contribution is 2.19. The maximum Gasteiger partial charge on any atom is 0.253 e. The largest absolute Gasteiger partial charge is 0.395 e. The Hall–Kier alpha value is -1.83. The monoisotopic (exact) mass is 273 g/mol. The van der Waals surface area contributed by atoms with Gasteiger partial charge >= 0.3 is 0 Å². The van der Waals surface area contributed by atoms with Gasteiger partial charge in [0.05, 0.1) is 24.3 Å². The number of hydrogen-bond acceptors (Lipinski definition) is 3. The maximum atomic E-state index is 12.4. The number of amides is 1. The van der Waals surface area contributed by atoms with E-state index in [1.54, 1.807) is 6.07 Å². The molecule has 4 nitrogen and oxygen atoms in total. The molecule has 0 bridgehead atoms. The van der Waals surface area contributed by atoms with Crippen LogP contribution in [-0.4, -0.2) is 36.4 Å². The van der Waals surface area contributed by atoms with Crippen molar-refractivity contribution in [1.82, 2.24) is 5.32 Å². The second-order valence-electron chi connectivity index (χ2n) is 5.14. The van der Waals surface area contributed by atoms with E-state index >= 15 is 0 Å². The van der Waals surface area contributed by atoms with Gasteiger partial charge in [0.15, 0.2) is 0 Å². The lowest BCUT2D eigenvalue weighted by atomic mass is 10.00. The van der Waals surface area contributed by atoms with E-state index < -0.39 is 0 Å². The molecular weight excluding hydrogens is 254 g/mol. The topological polar surface area (TPSA) is 58.6 Å². The lowest BCUT2D eigenvalue weighted by Crippen LogP contribution is -2.46. The van der Waals surface area contributed by atoms with Gasteiger partial charge < -0.3 is 15.2 Å². The van der Waals surface area contributed by atoms with Crippen molar-refractivity contribution in [3.8, 4) is 11.8 Å². The average Bonchev–Trinajstić information content (AvgIpc) is 2.86. The van der Waals surface area contributed by atoms with Crippen LogP contribution in [-0.2, 0) is 4.74 Å². The van der Waals surface area contributed by atoms with Gasteiger partial charge in [0.25, 0.3) is 5.91 Å². The number of rotatable bonds is 3. The molecular formula is C16H19NO3. The summed E-state index contributed by atoms with van der Waals surface area (Å²) in [6.07, 6.45) is 1.22. The summed E-state index contributed by atoms with van der Waals surface area (Å²) >= 11 is 0. The van der Waals surface area contributed by atoms with Crippen LogP contribution in [0, 0.1) is 11.8 Å². The third kappa shape index (κ3) is 3.60. The first kappa shape index (κ1) is 14.6. The van der Waals surface area contributed by atoms with E-state index in [0.717, 1.165) is 6.42 Å². The normalized spacial score (nSPS) is 21.1. The highest BCUT2D eigenvalue weighted by atomic mass is 16.5. The van der Waals surface area contributed by atoms with Gasteiger partial charge in [-0.3, -0.25) is 4.79 Å². The molecule has 20 heavy (non-hydrogen) atoms. The Labute approximate surface area is 119 Å². The maximum absolute atomic E-state index is 12.4. The molecule has 0 aromatic heterocycles. The van der Waals surface area contributed by atoms with E-state index in [1.165, 1.54) is 0 Å². The highest BCUT2D eigenvalue weighted by Gasteiger charge is 2.31. The minimum absolute atomic E-state index is 0.0246. The van der Waals surface area contributed by atoms with E-state index in [0.29, 0.717) is 30.8 Å². The molecule has 1 saturated heterocycles. The van der Waals surface area contributed by atoms with Crippen molar-refractivity contribution in [3.63, 3.8) is 0 Å². The molecule has 0 spiro atoms. The summed E-state index contributed by atoms with van der Waals surface area (Å²) in [5.74, 6) is 5.64. The van der Waals surface area contributed by atoms with Gasteiger partial charge in [-0.2, -0.15) is 0 Å². The number of benzene rings is 1. The van der Waals surface area contributed by atoms with Crippen molar-refractivity contribution < 1.29 is 14.6 Å². The number of carbonyl (C=O) groups is 1. The zero-order valence-corrected chi connectivity index (χ0v) is 11.6. The van der Waals surface area contributed by atoms with Crippen LogP contribution in [0.5, 0.6) is 0 Å². The van der Waals surface area contributed by atoms with Crippen LogP contribution in [0.25, 0.3) is 0 Å². The minimum Gasteiger partial charge on any atom is -0.395 e. The van der Waals surface area contributed by atoms with Crippen molar-refractivity contribution in [1.29, 1.82) is 0 Å². The fraction of sp³-hybridized carbons (Fsp3) is 0.438. The van der Waals surface area contributed by atoms with Gasteiger partial charge in [-0.1, -0.05) is 24.0 Å². The average molecular weight is 273 g/mol. The predicted molar refractivity (Wildman–Crippen MR) is 76.3 cm³/mol. The summed E-state index contributed by atoms with van der Waals surface area (Å²) in [5.41, 5.74) is 0.940. The van der Waals surface area contributed by atoms with Gasteiger partial charge in [-0.15, -0.1) is 0 Å². The van der Waals surface area contributed by atoms with Crippen LogP contribution in [0.1, 0.15) is 35.7 Å². The molecule has 1 unspecified atom stereocenters. The molecule has 1 fully saturated rings. The molecule has 1 aliphatic heterocycles. The Morgan fingerprint density at radius 2 is 2.30 bits per heavy atom. The minimum atomic E-state index is -0.303. The highest BCUT2D eigenvalue weighted by molar-refractivity contribution is 5.97. The zero-order valence-electron chi connectivity index (χ0n) is 11.6. The van der Waals surface area contributed by atoms with E-state index in [2.05, 4.69) is 17.2 Å². The van der Waals surface area contributed by atoms with Crippen LogP contribution in [0.3, 0.4) is 0 Å². The third-order valence-corrected chi connectivity index (χ3v) is 3.27. The SMILES string of the molecule is CC1(NC(=O)c2ccccc2C#CCCO)CCOC1. The molecule has 0 aliphatic carbocycles. The van der Waals surface area contributed by atoms with Crippen molar-refractivity contribution in [2.24, 2.45) is 0 Å². The Kier molecular flexibility index (Phi) is 4.78. The van der Waals surface area contributed by atoms with Crippen LogP contribution in [0.4, 0.5) is 0 Å². The van der Waals surface area contributed by atoms with Crippen molar-refractivity contribution in [3.05, 3.63) is 35.4 Å². The molecule has 0 saturated carbocycles. The van der Waals surface area contributed by atoms with Crippen LogP contribution in [0.15, 0.2) is 24.3 Å². The smallest absolute Gasteiger partial charge is 0.253 e. The van der Waals surface area contributed by atoms with Crippen molar-refractivity contribution in [2.75, 3.05) is 19.8 Å². The standard InChI is InChI=1S/C16H19NO3/c1-16(9-11-20-12-16)17-15(19)14-8-3-2-6-13(14)7-4-5-10-18/h2-3,6,8,18H,5,9-12H2,1H3,(H,17,19). The van der Waals surface area contributed by atoms with Gasteiger partial charge in [-0.25, -0.2) is 0 Å². The second kappa shape index (κ2) is 6.56. The second-order valence-corrected chi connectivity index (χ2v) is 5.14.